The summed E-state index contributed by atoms with van der Waals surface area (Å²) in [7, 11) is -3.88. The van der Waals surface area contributed by atoms with Crippen LogP contribution in [0.2, 0.25) is 0 Å². The average Bonchev–Trinajstić information content (AvgIpc) is 2.69. The molecule has 114 valence electrons. The first-order valence-electron chi connectivity index (χ1n) is 6.44. The highest BCUT2D eigenvalue weighted by atomic mass is 32.2. The molecule has 0 aromatic carbocycles. The number of rotatable bonds is 7. The Bertz CT molecular complexity index is 578. The molecule has 0 unspecified atom stereocenters. The molecule has 8 heteroatoms. The number of aromatic nitrogens is 2. The van der Waals surface area contributed by atoms with Crippen LogP contribution in [-0.4, -0.2) is 46.4 Å². The average molecular weight is 303 g/mol. The first kappa shape index (κ1) is 16.6. The fourth-order valence-electron chi connectivity index (χ4n) is 1.86. The summed E-state index contributed by atoms with van der Waals surface area (Å²) in [5.74, 6) is -0.565. The van der Waals surface area contributed by atoms with Crippen LogP contribution in [0.4, 0.5) is 0 Å². The van der Waals surface area contributed by atoms with Crippen LogP contribution in [0.1, 0.15) is 26.6 Å². The minimum absolute atomic E-state index is 0.0264. The number of sulfonamides is 1. The number of hydrogen-bond acceptors (Lipinski definition) is 4. The van der Waals surface area contributed by atoms with Crippen molar-refractivity contribution in [3.05, 3.63) is 12.0 Å². The van der Waals surface area contributed by atoms with Crippen molar-refractivity contribution < 1.29 is 18.3 Å². The SMILES string of the molecule is CCn1cc(S(=O)(=O)N(CC(=O)O)CC(C)C)nc1C. The third-order valence-corrected chi connectivity index (χ3v) is 4.46. The molecule has 0 aliphatic carbocycles. The number of carboxylic acid groups (broad SMARTS) is 1. The third-order valence-electron chi connectivity index (χ3n) is 2.78. The number of aryl methyl sites for hydroxylation is 2. The summed E-state index contributed by atoms with van der Waals surface area (Å²) >= 11 is 0. The van der Waals surface area contributed by atoms with Crippen LogP contribution in [0.15, 0.2) is 11.2 Å². The summed E-state index contributed by atoms with van der Waals surface area (Å²) in [5, 5.41) is 8.78. The number of carbonyl (C=O) groups is 1. The van der Waals surface area contributed by atoms with Crippen LogP contribution < -0.4 is 0 Å². The Balaban J connectivity index is 3.17. The number of nitrogens with zero attached hydrogens (tertiary/aromatic N) is 3. The fourth-order valence-corrected chi connectivity index (χ4v) is 3.41. The van der Waals surface area contributed by atoms with Crippen LogP contribution in [0.3, 0.4) is 0 Å². The van der Waals surface area contributed by atoms with Crippen LogP contribution in [-0.2, 0) is 21.4 Å². The molecular weight excluding hydrogens is 282 g/mol. The van der Waals surface area contributed by atoms with Crippen molar-refractivity contribution in [3.8, 4) is 0 Å². The second kappa shape index (κ2) is 6.36. The molecule has 1 N–H and O–H groups in total. The summed E-state index contributed by atoms with van der Waals surface area (Å²) in [6, 6.07) is 0. The van der Waals surface area contributed by atoms with E-state index in [4.69, 9.17) is 5.11 Å². The first-order valence-corrected chi connectivity index (χ1v) is 7.88. The Hall–Kier alpha value is -1.41. The van der Waals surface area contributed by atoms with Crippen LogP contribution in [0, 0.1) is 12.8 Å². The highest BCUT2D eigenvalue weighted by Gasteiger charge is 2.29. The van der Waals surface area contributed by atoms with Crippen molar-refractivity contribution in [2.75, 3.05) is 13.1 Å². The van der Waals surface area contributed by atoms with Gasteiger partial charge in [0.1, 0.15) is 12.4 Å². The van der Waals surface area contributed by atoms with Gasteiger partial charge in [0, 0.05) is 19.3 Å². The molecule has 0 saturated carbocycles. The van der Waals surface area contributed by atoms with Gasteiger partial charge in [-0.15, -0.1) is 0 Å². The van der Waals surface area contributed by atoms with Crippen molar-refractivity contribution in [2.45, 2.75) is 39.3 Å². The van der Waals surface area contributed by atoms with E-state index in [0.29, 0.717) is 12.4 Å². The molecule has 1 heterocycles. The van der Waals surface area contributed by atoms with Gasteiger partial charge in [0.05, 0.1) is 0 Å². The molecule has 7 nitrogen and oxygen atoms in total. The number of imidazole rings is 1. The molecule has 0 spiro atoms. The van der Waals surface area contributed by atoms with Gasteiger partial charge in [0.25, 0.3) is 10.0 Å². The Labute approximate surface area is 119 Å². The van der Waals surface area contributed by atoms with E-state index in [9.17, 15) is 13.2 Å². The van der Waals surface area contributed by atoms with Crippen LogP contribution in [0.25, 0.3) is 0 Å². The lowest BCUT2D eigenvalue weighted by molar-refractivity contribution is -0.137. The molecule has 0 amide bonds. The van der Waals surface area contributed by atoms with Crippen LogP contribution >= 0.6 is 0 Å². The van der Waals surface area contributed by atoms with Gasteiger partial charge in [-0.05, 0) is 19.8 Å². The Morgan fingerprint density at radius 1 is 1.50 bits per heavy atom. The van der Waals surface area contributed by atoms with Gasteiger partial charge >= 0.3 is 5.97 Å². The largest absolute Gasteiger partial charge is 0.480 e. The van der Waals surface area contributed by atoms with Gasteiger partial charge < -0.3 is 9.67 Å². The molecular formula is C12H21N3O4S. The predicted molar refractivity (Wildman–Crippen MR) is 73.9 cm³/mol. The molecule has 1 aromatic rings. The predicted octanol–water partition coefficient (Wildman–Crippen LogP) is 0.943. The Morgan fingerprint density at radius 3 is 2.50 bits per heavy atom. The Morgan fingerprint density at radius 2 is 2.10 bits per heavy atom. The van der Waals surface area contributed by atoms with E-state index in [1.807, 2.05) is 20.8 Å². The number of aliphatic carboxylic acids is 1. The molecule has 0 saturated heterocycles. The van der Waals surface area contributed by atoms with Crippen molar-refractivity contribution >= 4 is 16.0 Å². The number of hydrogen-bond donors (Lipinski definition) is 1. The molecule has 1 aromatic heterocycles. The van der Waals surface area contributed by atoms with Crippen molar-refractivity contribution in [2.24, 2.45) is 5.92 Å². The fraction of sp³-hybridized carbons (Fsp3) is 0.667. The maximum atomic E-state index is 12.5. The minimum atomic E-state index is -3.88. The van der Waals surface area contributed by atoms with Gasteiger partial charge in [0.15, 0.2) is 5.03 Å². The quantitative estimate of drug-likeness (QED) is 0.809. The highest BCUT2D eigenvalue weighted by molar-refractivity contribution is 7.89. The second-order valence-corrected chi connectivity index (χ2v) is 6.88. The summed E-state index contributed by atoms with van der Waals surface area (Å²) in [4.78, 5) is 14.9. The zero-order valence-electron chi connectivity index (χ0n) is 12.2. The smallest absolute Gasteiger partial charge is 0.318 e. The Kier molecular flexibility index (Phi) is 5.29. The van der Waals surface area contributed by atoms with Gasteiger partial charge in [-0.25, -0.2) is 13.4 Å². The van der Waals surface area contributed by atoms with Gasteiger partial charge in [-0.1, -0.05) is 13.8 Å². The molecule has 0 radical (unpaired) electrons. The van der Waals surface area contributed by atoms with Crippen LogP contribution in [0.5, 0.6) is 0 Å². The summed E-state index contributed by atoms with van der Waals surface area (Å²) in [6.45, 7) is 7.46. The lowest BCUT2D eigenvalue weighted by atomic mass is 10.2. The third kappa shape index (κ3) is 3.80. The van der Waals surface area contributed by atoms with E-state index in [2.05, 4.69) is 4.98 Å². The van der Waals surface area contributed by atoms with E-state index in [1.54, 1.807) is 11.5 Å². The van der Waals surface area contributed by atoms with Crippen molar-refractivity contribution in [3.63, 3.8) is 0 Å². The molecule has 0 aliphatic heterocycles. The van der Waals surface area contributed by atoms with E-state index >= 15 is 0 Å². The van der Waals surface area contributed by atoms with E-state index in [1.165, 1.54) is 6.20 Å². The van der Waals surface area contributed by atoms with E-state index in [-0.39, 0.29) is 17.5 Å². The topological polar surface area (TPSA) is 92.5 Å². The summed E-state index contributed by atoms with van der Waals surface area (Å²) in [6.07, 6.45) is 1.44. The van der Waals surface area contributed by atoms with Gasteiger partial charge in [-0.3, -0.25) is 4.79 Å². The monoisotopic (exact) mass is 303 g/mol. The molecule has 0 atom stereocenters. The normalized spacial score (nSPS) is 12.3. The lowest BCUT2D eigenvalue weighted by Crippen LogP contribution is -2.38. The number of carboxylic acids is 1. The molecule has 0 aliphatic rings. The zero-order chi connectivity index (χ0) is 15.5. The standard InChI is InChI=1S/C12H21N3O4S/c1-5-14-7-11(13-10(14)4)20(18,19)15(6-9(2)3)8-12(16)17/h7,9H,5-6,8H2,1-4H3,(H,16,17). The van der Waals surface area contributed by atoms with Crippen molar-refractivity contribution in [1.82, 2.24) is 13.9 Å². The maximum Gasteiger partial charge on any atom is 0.318 e. The second-order valence-electron chi connectivity index (χ2n) is 5.00. The van der Waals surface area contributed by atoms with Crippen molar-refractivity contribution in [1.29, 1.82) is 0 Å². The van der Waals surface area contributed by atoms with E-state index < -0.39 is 22.5 Å². The van der Waals surface area contributed by atoms with E-state index in [0.717, 1.165) is 4.31 Å². The lowest BCUT2D eigenvalue weighted by Gasteiger charge is -2.20. The van der Waals surface area contributed by atoms with Gasteiger partial charge in [0.2, 0.25) is 0 Å². The summed E-state index contributed by atoms with van der Waals surface area (Å²) in [5.41, 5.74) is 0. The highest BCUT2D eigenvalue weighted by Crippen LogP contribution is 2.16. The molecule has 20 heavy (non-hydrogen) atoms. The first-order chi connectivity index (χ1) is 9.18. The zero-order valence-corrected chi connectivity index (χ0v) is 13.0. The summed E-state index contributed by atoms with van der Waals surface area (Å²) < 4.78 is 27.6. The maximum absolute atomic E-state index is 12.5. The minimum Gasteiger partial charge on any atom is -0.480 e. The van der Waals surface area contributed by atoms with Gasteiger partial charge in [-0.2, -0.15) is 4.31 Å². The molecule has 1 rings (SSSR count). The molecule has 0 bridgehead atoms. The molecule has 0 fully saturated rings.